The monoisotopic (exact) mass is 326 g/mol. The van der Waals surface area contributed by atoms with E-state index in [1.807, 2.05) is 39.0 Å². The molecule has 0 bridgehead atoms. The minimum atomic E-state index is -0.342. The quantitative estimate of drug-likeness (QED) is 0.682. The Bertz CT molecular complexity index is 656. The van der Waals surface area contributed by atoms with E-state index in [0.717, 1.165) is 55.1 Å². The average Bonchev–Trinajstić information content (AvgIpc) is 2.56. The summed E-state index contributed by atoms with van der Waals surface area (Å²) in [4.78, 5) is 16.9. The number of carbonyl (C=O) groups excluding carboxylic acids is 1. The fourth-order valence-electron chi connectivity index (χ4n) is 3.09. The molecule has 1 aliphatic rings. The van der Waals surface area contributed by atoms with E-state index in [4.69, 9.17) is 0 Å². The first kappa shape index (κ1) is 18.0. The summed E-state index contributed by atoms with van der Waals surface area (Å²) in [5, 5.41) is 12.3. The summed E-state index contributed by atoms with van der Waals surface area (Å²) in [6.07, 6.45) is 1.70. The van der Waals surface area contributed by atoms with Gasteiger partial charge in [-0.15, -0.1) is 0 Å². The first-order valence-corrected chi connectivity index (χ1v) is 8.42. The van der Waals surface area contributed by atoms with Crippen molar-refractivity contribution in [1.29, 1.82) is 5.26 Å². The summed E-state index contributed by atoms with van der Waals surface area (Å²) in [7, 11) is 0. The third kappa shape index (κ3) is 4.36. The maximum Gasteiger partial charge on any atom is 0.267 e. The van der Waals surface area contributed by atoms with Crippen molar-refractivity contribution in [2.75, 3.05) is 38.0 Å². The smallest absolute Gasteiger partial charge is 0.267 e. The molecule has 0 atom stereocenters. The van der Waals surface area contributed by atoms with E-state index >= 15 is 0 Å². The van der Waals surface area contributed by atoms with Crippen LogP contribution in [0.15, 0.2) is 23.9 Å². The first-order chi connectivity index (χ1) is 11.4. The second-order valence-corrected chi connectivity index (χ2v) is 6.35. The minimum Gasteiger partial charge on any atom is -0.374 e. The molecule has 128 valence electrons. The number of piperazine rings is 1. The Morgan fingerprint density at radius 1 is 1.21 bits per heavy atom. The number of amides is 1. The standard InChI is InChI=1S/C19H26N4O/c1-5-22-6-8-23(9-7-22)13-17(12-20)19(24)21-18-15(3)10-14(2)11-16(18)4/h10-11,13H,5-9H2,1-4H3,(H,21,24)/b17-13-. The van der Waals surface area contributed by atoms with Crippen molar-refractivity contribution in [1.82, 2.24) is 9.80 Å². The molecule has 5 heteroatoms. The maximum absolute atomic E-state index is 12.5. The molecule has 0 saturated carbocycles. The SMILES string of the molecule is CCN1CCN(/C=C(/C#N)C(=O)Nc2c(C)cc(C)cc2C)CC1. The van der Waals surface area contributed by atoms with Crippen molar-refractivity contribution in [3.05, 3.63) is 40.6 Å². The summed E-state index contributed by atoms with van der Waals surface area (Å²) in [5.41, 5.74) is 4.12. The maximum atomic E-state index is 12.5. The van der Waals surface area contributed by atoms with Crippen LogP contribution in [-0.2, 0) is 4.79 Å². The van der Waals surface area contributed by atoms with Gasteiger partial charge < -0.3 is 15.1 Å². The van der Waals surface area contributed by atoms with E-state index in [-0.39, 0.29) is 11.5 Å². The lowest BCUT2D eigenvalue weighted by molar-refractivity contribution is -0.112. The van der Waals surface area contributed by atoms with Gasteiger partial charge in [0.15, 0.2) is 0 Å². The number of anilines is 1. The summed E-state index contributed by atoms with van der Waals surface area (Å²) < 4.78 is 0. The van der Waals surface area contributed by atoms with Crippen LogP contribution in [0, 0.1) is 32.1 Å². The number of nitrogens with zero attached hydrogens (tertiary/aromatic N) is 3. The zero-order chi connectivity index (χ0) is 17.7. The van der Waals surface area contributed by atoms with Crippen molar-refractivity contribution >= 4 is 11.6 Å². The highest BCUT2D eigenvalue weighted by atomic mass is 16.1. The number of nitrogens with one attached hydrogen (secondary N) is 1. The van der Waals surface area contributed by atoms with Gasteiger partial charge in [0.1, 0.15) is 11.6 Å². The highest BCUT2D eigenvalue weighted by molar-refractivity contribution is 6.07. The van der Waals surface area contributed by atoms with E-state index in [0.29, 0.717) is 0 Å². The summed E-state index contributed by atoms with van der Waals surface area (Å²) in [6.45, 7) is 12.8. The number of aryl methyl sites for hydroxylation is 3. The predicted octanol–water partition coefficient (Wildman–Crippen LogP) is 2.60. The molecule has 0 aromatic heterocycles. The van der Waals surface area contributed by atoms with Gasteiger partial charge in [-0.3, -0.25) is 4.79 Å². The predicted molar refractivity (Wildman–Crippen MR) is 96.7 cm³/mol. The van der Waals surface area contributed by atoms with Gasteiger partial charge in [-0.2, -0.15) is 5.26 Å². The molecule has 2 rings (SSSR count). The van der Waals surface area contributed by atoms with Gasteiger partial charge in [0.2, 0.25) is 0 Å². The van der Waals surface area contributed by atoms with E-state index in [1.165, 1.54) is 0 Å². The lowest BCUT2D eigenvalue weighted by atomic mass is 10.0. The van der Waals surface area contributed by atoms with Gasteiger partial charge in [0, 0.05) is 38.1 Å². The second kappa shape index (κ2) is 7.98. The number of nitriles is 1. The largest absolute Gasteiger partial charge is 0.374 e. The molecular formula is C19H26N4O. The fraction of sp³-hybridized carbons (Fsp3) is 0.474. The van der Waals surface area contributed by atoms with Crippen LogP contribution in [0.5, 0.6) is 0 Å². The third-order valence-corrected chi connectivity index (χ3v) is 4.45. The molecule has 1 N–H and O–H groups in total. The molecule has 5 nitrogen and oxygen atoms in total. The van der Waals surface area contributed by atoms with E-state index in [1.54, 1.807) is 6.20 Å². The van der Waals surface area contributed by atoms with Crippen LogP contribution in [0.1, 0.15) is 23.6 Å². The van der Waals surface area contributed by atoms with Crippen LogP contribution in [0.4, 0.5) is 5.69 Å². The Morgan fingerprint density at radius 3 is 2.29 bits per heavy atom. The topological polar surface area (TPSA) is 59.4 Å². The van der Waals surface area contributed by atoms with Crippen molar-refractivity contribution < 1.29 is 4.79 Å². The fourth-order valence-corrected chi connectivity index (χ4v) is 3.09. The van der Waals surface area contributed by atoms with Crippen molar-refractivity contribution in [3.63, 3.8) is 0 Å². The third-order valence-electron chi connectivity index (χ3n) is 4.45. The van der Waals surface area contributed by atoms with Gasteiger partial charge in [0.05, 0.1) is 0 Å². The molecule has 1 aromatic carbocycles. The molecule has 1 amide bonds. The van der Waals surface area contributed by atoms with Gasteiger partial charge in [0.25, 0.3) is 5.91 Å². The molecule has 0 radical (unpaired) electrons. The second-order valence-electron chi connectivity index (χ2n) is 6.35. The van der Waals surface area contributed by atoms with Gasteiger partial charge in [-0.05, 0) is 38.4 Å². The Hall–Kier alpha value is -2.32. The Labute approximate surface area is 144 Å². The molecule has 1 aliphatic heterocycles. The van der Waals surface area contributed by atoms with Gasteiger partial charge in [-0.25, -0.2) is 0 Å². The number of carbonyl (C=O) groups is 1. The Balaban J connectivity index is 2.10. The zero-order valence-corrected chi connectivity index (χ0v) is 15.0. The molecule has 0 aliphatic carbocycles. The normalized spacial score (nSPS) is 16.0. The van der Waals surface area contributed by atoms with Crippen LogP contribution in [0.2, 0.25) is 0 Å². The van der Waals surface area contributed by atoms with Crippen LogP contribution < -0.4 is 5.32 Å². The molecule has 1 heterocycles. The molecule has 0 spiro atoms. The van der Waals surface area contributed by atoms with E-state index in [2.05, 4.69) is 22.0 Å². The lowest BCUT2D eigenvalue weighted by Crippen LogP contribution is -2.44. The number of hydrogen-bond acceptors (Lipinski definition) is 4. The van der Waals surface area contributed by atoms with Crippen LogP contribution in [0.25, 0.3) is 0 Å². The average molecular weight is 326 g/mol. The summed E-state index contributed by atoms with van der Waals surface area (Å²) >= 11 is 0. The molecule has 1 saturated heterocycles. The Kier molecular flexibility index (Phi) is 5.99. The molecule has 0 unspecified atom stereocenters. The van der Waals surface area contributed by atoms with Crippen molar-refractivity contribution in [2.45, 2.75) is 27.7 Å². The van der Waals surface area contributed by atoms with Crippen LogP contribution in [0.3, 0.4) is 0 Å². The minimum absolute atomic E-state index is 0.152. The molecule has 1 fully saturated rings. The van der Waals surface area contributed by atoms with Crippen molar-refractivity contribution in [2.24, 2.45) is 0 Å². The summed E-state index contributed by atoms with van der Waals surface area (Å²) in [5.74, 6) is -0.342. The zero-order valence-electron chi connectivity index (χ0n) is 15.0. The first-order valence-electron chi connectivity index (χ1n) is 8.42. The highest BCUT2D eigenvalue weighted by Gasteiger charge is 2.17. The number of hydrogen-bond donors (Lipinski definition) is 1. The van der Waals surface area contributed by atoms with Gasteiger partial charge >= 0.3 is 0 Å². The van der Waals surface area contributed by atoms with E-state index in [9.17, 15) is 10.1 Å². The van der Waals surface area contributed by atoms with Gasteiger partial charge in [-0.1, -0.05) is 24.6 Å². The summed E-state index contributed by atoms with van der Waals surface area (Å²) in [6, 6.07) is 6.10. The van der Waals surface area contributed by atoms with Crippen molar-refractivity contribution in [3.8, 4) is 6.07 Å². The van der Waals surface area contributed by atoms with Crippen LogP contribution in [-0.4, -0.2) is 48.4 Å². The number of rotatable bonds is 4. The molecule has 1 aromatic rings. The highest BCUT2D eigenvalue weighted by Crippen LogP contribution is 2.22. The molecular weight excluding hydrogens is 300 g/mol. The Morgan fingerprint density at radius 2 is 1.79 bits per heavy atom. The molecule has 24 heavy (non-hydrogen) atoms. The lowest BCUT2D eigenvalue weighted by Gasteiger charge is -2.33. The number of likely N-dealkylation sites (N-methyl/N-ethyl adjacent to an activating group) is 1. The van der Waals surface area contributed by atoms with E-state index < -0.39 is 0 Å². The van der Waals surface area contributed by atoms with Crippen LogP contribution >= 0.6 is 0 Å². The number of benzene rings is 1.